The molecule has 0 N–H and O–H groups in total. The second-order valence-electron chi connectivity index (χ2n) is 9.45. The molecule has 1 aliphatic heterocycles. The molecule has 0 aliphatic carbocycles. The fraction of sp³-hybridized carbons (Fsp3) is 0.560. The maximum atomic E-state index is 12.7. The zero-order valence-electron chi connectivity index (χ0n) is 20.2. The first-order valence-corrected chi connectivity index (χ1v) is 11.4. The Morgan fingerprint density at radius 1 is 1.00 bits per heavy atom. The summed E-state index contributed by atoms with van der Waals surface area (Å²) in [5.41, 5.74) is 1.79. The van der Waals surface area contributed by atoms with Crippen molar-refractivity contribution >= 4 is 29.1 Å². The molecule has 1 aromatic heterocycles. The third-order valence-electron chi connectivity index (χ3n) is 6.05. The Bertz CT molecular complexity index is 1010. The van der Waals surface area contributed by atoms with Crippen LogP contribution in [0.5, 0.6) is 0 Å². The summed E-state index contributed by atoms with van der Waals surface area (Å²) in [5, 5.41) is 0.850. The van der Waals surface area contributed by atoms with E-state index >= 15 is 0 Å². The summed E-state index contributed by atoms with van der Waals surface area (Å²) in [4.78, 5) is 38.9. The van der Waals surface area contributed by atoms with Crippen LogP contribution in [0.25, 0.3) is 10.9 Å². The molecule has 2 aromatic rings. The number of fused-ring (bicyclic) bond motifs is 1. The second kappa shape index (κ2) is 10.3. The molecule has 0 saturated carbocycles. The van der Waals surface area contributed by atoms with Crippen molar-refractivity contribution in [3.63, 3.8) is 0 Å². The SMILES string of the molecule is COC(=O)Cc1c(CCC2CCN(C(=O)OC(C)(C)C)CC2)n(C(=O)OC)c2ccccc12. The Labute approximate surface area is 194 Å². The number of ether oxygens (including phenoxy) is 3. The molecule has 3 rings (SSSR count). The highest BCUT2D eigenvalue weighted by atomic mass is 16.6. The number of carbonyl (C=O) groups is 3. The first kappa shape index (κ1) is 24.6. The van der Waals surface area contributed by atoms with E-state index in [1.165, 1.54) is 14.2 Å². The first-order valence-electron chi connectivity index (χ1n) is 11.4. The van der Waals surface area contributed by atoms with Crippen LogP contribution in [0.4, 0.5) is 9.59 Å². The smallest absolute Gasteiger partial charge is 0.418 e. The standard InChI is InChI=1S/C25H34N2O6/c1-25(2,3)33-23(29)26-14-12-17(13-15-26)10-11-21-19(16-22(28)31-4)18-8-6-7-9-20(18)27(21)24(30)32-5/h6-9,17H,10-16H2,1-5H3. The number of carbonyl (C=O) groups excluding carboxylic acids is 3. The lowest BCUT2D eigenvalue weighted by molar-refractivity contribution is -0.139. The molecule has 0 atom stereocenters. The van der Waals surface area contributed by atoms with E-state index in [1.807, 2.05) is 45.0 Å². The van der Waals surface area contributed by atoms with Gasteiger partial charge in [-0.05, 0) is 64.0 Å². The van der Waals surface area contributed by atoms with Crippen LogP contribution in [0, 0.1) is 5.92 Å². The minimum atomic E-state index is -0.509. The highest BCUT2D eigenvalue weighted by molar-refractivity contribution is 5.95. The van der Waals surface area contributed by atoms with E-state index in [-0.39, 0.29) is 18.5 Å². The minimum absolute atomic E-state index is 0.0907. The van der Waals surface area contributed by atoms with Crippen molar-refractivity contribution in [2.45, 2.75) is 58.5 Å². The number of hydrogen-bond acceptors (Lipinski definition) is 6. The molecule has 0 spiro atoms. The van der Waals surface area contributed by atoms with Gasteiger partial charge in [0.2, 0.25) is 0 Å². The third kappa shape index (κ3) is 5.86. The van der Waals surface area contributed by atoms with Gasteiger partial charge in [-0.15, -0.1) is 0 Å². The first-order chi connectivity index (χ1) is 15.6. The number of likely N-dealkylation sites (tertiary alicyclic amines) is 1. The normalized spacial score (nSPS) is 14.9. The maximum absolute atomic E-state index is 12.7. The summed E-state index contributed by atoms with van der Waals surface area (Å²) in [6, 6.07) is 7.52. The van der Waals surface area contributed by atoms with Gasteiger partial charge in [-0.1, -0.05) is 18.2 Å². The third-order valence-corrected chi connectivity index (χ3v) is 6.05. The lowest BCUT2D eigenvalue weighted by atomic mass is 9.90. The highest BCUT2D eigenvalue weighted by Gasteiger charge is 2.28. The number of rotatable bonds is 5. The van der Waals surface area contributed by atoms with Gasteiger partial charge in [0, 0.05) is 24.2 Å². The average molecular weight is 459 g/mol. The molecule has 0 unspecified atom stereocenters. The average Bonchev–Trinajstić information content (AvgIpc) is 3.09. The Kier molecular flexibility index (Phi) is 7.66. The molecule has 33 heavy (non-hydrogen) atoms. The van der Waals surface area contributed by atoms with Gasteiger partial charge in [-0.25, -0.2) is 14.2 Å². The fourth-order valence-corrected chi connectivity index (χ4v) is 4.41. The van der Waals surface area contributed by atoms with Crippen molar-refractivity contribution in [3.8, 4) is 0 Å². The van der Waals surface area contributed by atoms with Crippen LogP contribution in [0.3, 0.4) is 0 Å². The topological polar surface area (TPSA) is 87.1 Å². The summed E-state index contributed by atoms with van der Waals surface area (Å²) >= 11 is 0. The van der Waals surface area contributed by atoms with E-state index in [1.54, 1.807) is 9.47 Å². The van der Waals surface area contributed by atoms with E-state index in [9.17, 15) is 14.4 Å². The number of nitrogens with zero attached hydrogens (tertiary/aromatic N) is 2. The van der Waals surface area contributed by atoms with Crippen molar-refractivity contribution in [1.82, 2.24) is 9.47 Å². The number of hydrogen-bond donors (Lipinski definition) is 0. The van der Waals surface area contributed by atoms with Gasteiger partial charge < -0.3 is 19.1 Å². The van der Waals surface area contributed by atoms with Crippen molar-refractivity contribution in [2.75, 3.05) is 27.3 Å². The maximum Gasteiger partial charge on any atom is 0.418 e. The van der Waals surface area contributed by atoms with Crippen LogP contribution in [0.15, 0.2) is 24.3 Å². The summed E-state index contributed by atoms with van der Waals surface area (Å²) in [6.45, 7) is 6.89. The number of piperidine rings is 1. The van der Waals surface area contributed by atoms with Gasteiger partial charge in [0.05, 0.1) is 26.2 Å². The van der Waals surface area contributed by atoms with E-state index in [0.717, 1.165) is 41.4 Å². The molecular weight excluding hydrogens is 424 g/mol. The number of methoxy groups -OCH3 is 2. The molecule has 8 heteroatoms. The monoisotopic (exact) mass is 458 g/mol. The van der Waals surface area contributed by atoms with Crippen LogP contribution in [0.1, 0.15) is 51.3 Å². The van der Waals surface area contributed by atoms with Crippen molar-refractivity contribution in [2.24, 2.45) is 5.92 Å². The van der Waals surface area contributed by atoms with Crippen LogP contribution >= 0.6 is 0 Å². The lowest BCUT2D eigenvalue weighted by Crippen LogP contribution is -2.41. The molecule has 1 fully saturated rings. The van der Waals surface area contributed by atoms with E-state index < -0.39 is 11.7 Å². The Balaban J connectivity index is 1.77. The number of benzene rings is 1. The Hall–Kier alpha value is -3.03. The summed E-state index contributed by atoms with van der Waals surface area (Å²) < 4.78 is 17.0. The van der Waals surface area contributed by atoms with Crippen LogP contribution in [0.2, 0.25) is 0 Å². The van der Waals surface area contributed by atoms with Gasteiger partial charge in [0.25, 0.3) is 0 Å². The van der Waals surface area contributed by atoms with Crippen LogP contribution in [-0.2, 0) is 31.8 Å². The Morgan fingerprint density at radius 2 is 1.67 bits per heavy atom. The van der Waals surface area contributed by atoms with E-state index in [2.05, 4.69) is 0 Å². The largest absolute Gasteiger partial charge is 0.469 e. The Morgan fingerprint density at radius 3 is 2.27 bits per heavy atom. The van der Waals surface area contributed by atoms with Gasteiger partial charge in [0.15, 0.2) is 0 Å². The summed E-state index contributed by atoms with van der Waals surface area (Å²) in [5.74, 6) is 0.0495. The van der Waals surface area contributed by atoms with Crippen molar-refractivity contribution in [1.29, 1.82) is 0 Å². The van der Waals surface area contributed by atoms with Gasteiger partial charge in [-0.2, -0.15) is 0 Å². The molecule has 2 heterocycles. The lowest BCUT2D eigenvalue weighted by Gasteiger charge is -2.33. The molecule has 1 amide bonds. The predicted molar refractivity (Wildman–Crippen MR) is 124 cm³/mol. The molecule has 1 aromatic carbocycles. The van der Waals surface area contributed by atoms with Gasteiger partial charge >= 0.3 is 18.2 Å². The van der Waals surface area contributed by atoms with E-state index in [4.69, 9.17) is 14.2 Å². The number of amides is 1. The number of esters is 1. The molecular formula is C25H34N2O6. The molecule has 0 bridgehead atoms. The van der Waals surface area contributed by atoms with Crippen molar-refractivity contribution in [3.05, 3.63) is 35.5 Å². The van der Waals surface area contributed by atoms with Crippen molar-refractivity contribution < 1.29 is 28.6 Å². The molecule has 180 valence electrons. The quantitative estimate of drug-likeness (QED) is 0.483. The zero-order valence-corrected chi connectivity index (χ0v) is 20.2. The molecule has 1 aliphatic rings. The zero-order chi connectivity index (χ0) is 24.2. The highest BCUT2D eigenvalue weighted by Crippen LogP contribution is 2.31. The van der Waals surface area contributed by atoms with Gasteiger partial charge in [0.1, 0.15) is 5.60 Å². The predicted octanol–water partition coefficient (Wildman–Crippen LogP) is 4.55. The van der Waals surface area contributed by atoms with E-state index in [0.29, 0.717) is 25.4 Å². The number of para-hydroxylation sites is 1. The second-order valence-corrected chi connectivity index (χ2v) is 9.45. The molecule has 0 radical (unpaired) electrons. The fourth-order valence-electron chi connectivity index (χ4n) is 4.41. The minimum Gasteiger partial charge on any atom is -0.469 e. The van der Waals surface area contributed by atoms with Crippen LogP contribution < -0.4 is 0 Å². The van der Waals surface area contributed by atoms with Gasteiger partial charge in [-0.3, -0.25) is 4.79 Å². The summed E-state index contributed by atoms with van der Waals surface area (Å²) in [6.07, 6.45) is 2.53. The van der Waals surface area contributed by atoms with Crippen LogP contribution in [-0.4, -0.2) is 60.5 Å². The molecule has 1 saturated heterocycles. The molecule has 8 nitrogen and oxygen atoms in total. The summed E-state index contributed by atoms with van der Waals surface area (Å²) in [7, 11) is 2.72. The number of aromatic nitrogens is 1.